The second kappa shape index (κ2) is 4.77. The van der Waals surface area contributed by atoms with Crippen LogP contribution >= 0.6 is 0 Å². The van der Waals surface area contributed by atoms with Crippen LogP contribution in [0.1, 0.15) is 5.56 Å². The number of pyridine rings is 1. The van der Waals surface area contributed by atoms with Gasteiger partial charge in [-0.25, -0.2) is 0 Å². The van der Waals surface area contributed by atoms with E-state index >= 15 is 0 Å². The van der Waals surface area contributed by atoms with E-state index in [1.807, 2.05) is 18.3 Å². The highest BCUT2D eigenvalue weighted by Crippen LogP contribution is 2.40. The summed E-state index contributed by atoms with van der Waals surface area (Å²) in [6.45, 7) is 1.10. The largest absolute Gasteiger partial charge is 0.869 e. The maximum atomic E-state index is 12.5. The van der Waals surface area contributed by atoms with Crippen molar-refractivity contribution in [2.75, 3.05) is 13.9 Å². The average Bonchev–Trinajstić information content (AvgIpc) is 3.06. The third kappa shape index (κ3) is 1.78. The molecular formula is C19H15NO4. The molecule has 1 aromatic heterocycles. The van der Waals surface area contributed by atoms with Crippen molar-refractivity contribution >= 4 is 10.8 Å². The molecule has 0 unspecified atom stereocenters. The maximum Gasteiger partial charge on any atom is 0.231 e. The first kappa shape index (κ1) is 13.5. The number of aryl methyl sites for hydroxylation is 2. The van der Waals surface area contributed by atoms with Crippen molar-refractivity contribution in [1.29, 1.82) is 0 Å². The van der Waals surface area contributed by atoms with E-state index in [-0.39, 0.29) is 12.5 Å². The predicted octanol–water partition coefficient (Wildman–Crippen LogP) is 2.16. The fourth-order valence-corrected chi connectivity index (χ4v) is 3.56. The minimum Gasteiger partial charge on any atom is -0.869 e. The summed E-state index contributed by atoms with van der Waals surface area (Å²) in [6.07, 6.45) is 2.83. The summed E-state index contributed by atoms with van der Waals surface area (Å²) in [5.74, 6) is 1.90. The van der Waals surface area contributed by atoms with Crippen LogP contribution in [0.4, 0.5) is 0 Å². The van der Waals surface area contributed by atoms with Crippen LogP contribution in [0.5, 0.6) is 23.0 Å². The Bertz CT molecular complexity index is 997. The van der Waals surface area contributed by atoms with Gasteiger partial charge in [0.2, 0.25) is 12.5 Å². The van der Waals surface area contributed by atoms with Crippen molar-refractivity contribution in [3.8, 4) is 34.3 Å². The fraction of sp³-hybridized carbons (Fsp3) is 0.211. The van der Waals surface area contributed by atoms with E-state index in [0.29, 0.717) is 11.1 Å². The first-order valence-corrected chi connectivity index (χ1v) is 7.89. The molecule has 2 aliphatic heterocycles. The third-order valence-electron chi connectivity index (χ3n) is 4.80. The summed E-state index contributed by atoms with van der Waals surface area (Å²) in [6, 6.07) is 9.83. The van der Waals surface area contributed by atoms with Crippen molar-refractivity contribution in [2.24, 2.45) is 0 Å². The highest BCUT2D eigenvalue weighted by Gasteiger charge is 2.27. The zero-order valence-electron chi connectivity index (χ0n) is 13.2. The van der Waals surface area contributed by atoms with E-state index < -0.39 is 0 Å². The summed E-state index contributed by atoms with van der Waals surface area (Å²) >= 11 is 0. The minimum absolute atomic E-state index is 0.0678. The predicted molar refractivity (Wildman–Crippen MR) is 85.4 cm³/mol. The molecule has 5 heteroatoms. The molecule has 0 amide bonds. The second-order valence-corrected chi connectivity index (χ2v) is 6.06. The molecule has 3 aromatic rings. The second-order valence-electron chi connectivity index (χ2n) is 6.06. The number of fused-ring (bicyclic) bond motifs is 5. The number of rotatable bonds is 1. The van der Waals surface area contributed by atoms with Crippen molar-refractivity contribution in [1.82, 2.24) is 0 Å². The van der Waals surface area contributed by atoms with E-state index in [4.69, 9.17) is 14.2 Å². The standard InChI is InChI=1S/C19H15NO4/c1-22-16-3-2-11-6-15-13-8-18-17(23-10-24-18)7-12(13)4-5-20(15)9-14(11)19(16)21/h2-3,6-9H,4-5,10H2,1H3. The molecule has 120 valence electrons. The van der Waals surface area contributed by atoms with Gasteiger partial charge in [0.1, 0.15) is 5.75 Å². The van der Waals surface area contributed by atoms with Gasteiger partial charge in [0.15, 0.2) is 24.2 Å². The Morgan fingerprint density at radius 2 is 1.96 bits per heavy atom. The highest BCUT2D eigenvalue weighted by atomic mass is 16.7. The molecule has 0 saturated heterocycles. The first-order valence-electron chi connectivity index (χ1n) is 7.89. The van der Waals surface area contributed by atoms with E-state index in [1.54, 1.807) is 6.07 Å². The number of hydrogen-bond donors (Lipinski definition) is 0. The molecule has 0 spiro atoms. The Labute approximate surface area is 138 Å². The molecule has 5 rings (SSSR count). The molecule has 0 fully saturated rings. The van der Waals surface area contributed by atoms with Crippen molar-refractivity contribution in [3.05, 3.63) is 42.1 Å². The molecule has 0 atom stereocenters. The molecule has 3 heterocycles. The van der Waals surface area contributed by atoms with Crippen molar-refractivity contribution < 1.29 is 23.9 Å². The van der Waals surface area contributed by atoms with Crippen LogP contribution in [-0.4, -0.2) is 13.9 Å². The van der Waals surface area contributed by atoms with Crippen LogP contribution < -0.4 is 23.9 Å². The van der Waals surface area contributed by atoms with Crippen molar-refractivity contribution in [2.45, 2.75) is 13.0 Å². The highest BCUT2D eigenvalue weighted by molar-refractivity contribution is 5.91. The van der Waals surface area contributed by atoms with Gasteiger partial charge in [0.25, 0.3) is 0 Å². The van der Waals surface area contributed by atoms with Gasteiger partial charge < -0.3 is 19.3 Å². The van der Waals surface area contributed by atoms with Crippen molar-refractivity contribution in [3.63, 3.8) is 0 Å². The summed E-state index contributed by atoms with van der Waals surface area (Å²) in [5.41, 5.74) is 3.47. The maximum absolute atomic E-state index is 12.5. The Kier molecular flexibility index (Phi) is 2.68. The molecule has 24 heavy (non-hydrogen) atoms. The lowest BCUT2D eigenvalue weighted by Gasteiger charge is -2.19. The number of benzene rings is 2. The van der Waals surface area contributed by atoms with Gasteiger partial charge >= 0.3 is 0 Å². The monoisotopic (exact) mass is 321 g/mol. The van der Waals surface area contributed by atoms with Crippen LogP contribution in [0.15, 0.2) is 36.5 Å². The fourth-order valence-electron chi connectivity index (χ4n) is 3.56. The number of ether oxygens (including phenoxy) is 3. The Hall–Kier alpha value is -2.95. The SMILES string of the molecule is COc1ccc2cc3[n+](cc2c1[O-])CCc1cc2c(cc1-3)OCO2. The average molecular weight is 321 g/mol. The minimum atomic E-state index is -0.0678. The lowest BCUT2D eigenvalue weighted by Crippen LogP contribution is -2.40. The molecular weight excluding hydrogens is 306 g/mol. The Balaban J connectivity index is 1.76. The number of aromatic nitrogens is 1. The van der Waals surface area contributed by atoms with E-state index in [2.05, 4.69) is 16.7 Å². The lowest BCUT2D eigenvalue weighted by molar-refractivity contribution is -0.686. The van der Waals surface area contributed by atoms with Crippen LogP contribution in [0, 0.1) is 0 Å². The van der Waals surface area contributed by atoms with Gasteiger partial charge in [0, 0.05) is 17.9 Å². The van der Waals surface area contributed by atoms with Gasteiger partial charge in [-0.15, -0.1) is 0 Å². The summed E-state index contributed by atoms with van der Waals surface area (Å²) in [5, 5.41) is 14.1. The topological polar surface area (TPSA) is 54.6 Å². The summed E-state index contributed by atoms with van der Waals surface area (Å²) < 4.78 is 18.3. The van der Waals surface area contributed by atoms with Gasteiger partial charge in [-0.1, -0.05) is 11.8 Å². The third-order valence-corrected chi connectivity index (χ3v) is 4.80. The van der Waals surface area contributed by atoms with Gasteiger partial charge in [-0.2, -0.15) is 4.57 Å². The number of nitrogens with zero attached hydrogens (tertiary/aromatic N) is 1. The van der Waals surface area contributed by atoms with E-state index in [9.17, 15) is 5.11 Å². The molecule has 0 aliphatic carbocycles. The Morgan fingerprint density at radius 1 is 1.12 bits per heavy atom. The van der Waals surface area contributed by atoms with Crippen LogP contribution in [0.3, 0.4) is 0 Å². The van der Waals surface area contributed by atoms with E-state index in [0.717, 1.165) is 41.1 Å². The normalized spacial score (nSPS) is 14.4. The zero-order valence-corrected chi connectivity index (χ0v) is 13.2. The van der Waals surface area contributed by atoms with Crippen LogP contribution in [0.2, 0.25) is 0 Å². The summed E-state index contributed by atoms with van der Waals surface area (Å²) in [7, 11) is 1.52. The molecule has 0 radical (unpaired) electrons. The number of hydrogen-bond acceptors (Lipinski definition) is 4. The molecule has 5 nitrogen and oxygen atoms in total. The van der Waals surface area contributed by atoms with E-state index in [1.165, 1.54) is 12.7 Å². The lowest BCUT2D eigenvalue weighted by atomic mass is 9.95. The summed E-state index contributed by atoms with van der Waals surface area (Å²) in [4.78, 5) is 0. The van der Waals surface area contributed by atoms with Crippen LogP contribution in [0.25, 0.3) is 22.0 Å². The van der Waals surface area contributed by atoms with Gasteiger partial charge in [-0.05, 0) is 29.1 Å². The zero-order chi connectivity index (χ0) is 16.3. The molecule has 0 saturated carbocycles. The van der Waals surface area contributed by atoms with Gasteiger partial charge in [0.05, 0.1) is 12.7 Å². The number of methoxy groups -OCH3 is 1. The van der Waals surface area contributed by atoms with Crippen LogP contribution in [-0.2, 0) is 13.0 Å². The smallest absolute Gasteiger partial charge is 0.231 e. The van der Waals surface area contributed by atoms with Gasteiger partial charge in [-0.3, -0.25) is 0 Å². The molecule has 0 N–H and O–H groups in total. The Morgan fingerprint density at radius 3 is 2.79 bits per heavy atom. The molecule has 2 aromatic carbocycles. The molecule has 0 bridgehead atoms. The quantitative estimate of drug-likeness (QED) is 0.645. The first-order chi connectivity index (χ1) is 11.7. The molecule has 2 aliphatic rings.